The van der Waals surface area contributed by atoms with Gasteiger partial charge in [0.15, 0.2) is 0 Å². The maximum absolute atomic E-state index is 12.4. The summed E-state index contributed by atoms with van der Waals surface area (Å²) in [5, 5.41) is 2.92. The van der Waals surface area contributed by atoms with Gasteiger partial charge in [-0.1, -0.05) is 43.4 Å². The number of carbonyl (C=O) groups excluding carboxylic acids is 1. The zero-order chi connectivity index (χ0) is 22.5. The van der Waals surface area contributed by atoms with Crippen molar-refractivity contribution in [2.24, 2.45) is 5.92 Å². The van der Waals surface area contributed by atoms with Gasteiger partial charge in [-0.2, -0.15) is 0 Å². The minimum atomic E-state index is -0.0777. The first kappa shape index (κ1) is 22.9. The van der Waals surface area contributed by atoms with Crippen LogP contribution in [0.1, 0.15) is 37.8 Å². The number of nitrogens with zero attached hydrogens (tertiary/aromatic N) is 2. The third-order valence-corrected chi connectivity index (χ3v) is 7.49. The number of hydrogen-bond donors (Lipinski definition) is 1. The van der Waals surface area contributed by atoms with Crippen molar-refractivity contribution < 1.29 is 9.53 Å². The minimum Gasteiger partial charge on any atom is -0.494 e. The average Bonchev–Trinajstić information content (AvgIpc) is 2.79. The van der Waals surface area contributed by atoms with Crippen molar-refractivity contribution in [3.8, 4) is 5.75 Å². The van der Waals surface area contributed by atoms with Crippen molar-refractivity contribution in [1.29, 1.82) is 0 Å². The molecule has 0 aliphatic carbocycles. The summed E-state index contributed by atoms with van der Waals surface area (Å²) in [6, 6.07) is 13.0. The lowest BCUT2D eigenvalue weighted by atomic mass is 9.83. The maximum Gasteiger partial charge on any atom is 0.250 e. The largest absolute Gasteiger partial charge is 0.494 e. The Morgan fingerprint density at radius 2 is 2.00 bits per heavy atom. The Bertz CT molecular complexity index is 1020. The molecule has 1 amide bonds. The molecule has 1 N–H and O–H groups in total. The highest BCUT2D eigenvalue weighted by atomic mass is 32.2. The predicted molar refractivity (Wildman–Crippen MR) is 134 cm³/mol. The summed E-state index contributed by atoms with van der Waals surface area (Å²) in [6.45, 7) is 5.21. The topological polar surface area (TPSA) is 63.6 Å². The van der Waals surface area contributed by atoms with Crippen LogP contribution in [0.3, 0.4) is 0 Å². The number of carbonyl (C=O) groups is 1. The Morgan fingerprint density at radius 1 is 1.19 bits per heavy atom. The molecule has 1 aromatic heterocycles. The minimum absolute atomic E-state index is 0.0777. The zero-order valence-electron chi connectivity index (χ0n) is 18.3. The van der Waals surface area contributed by atoms with E-state index >= 15 is 0 Å². The number of piperidine rings is 1. The molecule has 6 nitrogen and oxygen atoms in total. The molecule has 170 valence electrons. The van der Waals surface area contributed by atoms with E-state index in [0.717, 1.165) is 60.3 Å². The van der Waals surface area contributed by atoms with E-state index in [4.69, 9.17) is 17.0 Å². The van der Waals surface area contributed by atoms with Gasteiger partial charge in [0, 0.05) is 43.0 Å². The number of nitrogens with one attached hydrogen (secondary N) is 1. The summed E-state index contributed by atoms with van der Waals surface area (Å²) >= 11 is 7.05. The number of amides is 1. The number of thioether (sulfide) groups is 1. The van der Waals surface area contributed by atoms with Crippen LogP contribution in [0.4, 0.5) is 5.69 Å². The molecule has 2 aliphatic heterocycles. The fraction of sp³-hybridized carbons (Fsp3) is 0.458. The highest BCUT2D eigenvalue weighted by molar-refractivity contribution is 8.23. The number of unbranched alkanes of at least 4 members (excludes halogenated alkanes) is 1. The molecule has 0 radical (unpaired) electrons. The number of thiocarbonyl (C=S) groups is 1. The number of rotatable bonds is 7. The summed E-state index contributed by atoms with van der Waals surface area (Å²) < 4.78 is 8.32. The van der Waals surface area contributed by atoms with Gasteiger partial charge in [0.1, 0.15) is 10.1 Å². The second-order valence-corrected chi connectivity index (χ2v) is 10.0. The van der Waals surface area contributed by atoms with Gasteiger partial charge >= 0.3 is 0 Å². The molecule has 0 saturated carbocycles. The van der Waals surface area contributed by atoms with Gasteiger partial charge in [0.05, 0.1) is 12.4 Å². The van der Waals surface area contributed by atoms with Gasteiger partial charge in [-0.15, -0.1) is 0 Å². The van der Waals surface area contributed by atoms with Crippen LogP contribution in [0.2, 0.25) is 0 Å². The van der Waals surface area contributed by atoms with Gasteiger partial charge in [-0.25, -0.2) is 0 Å². The number of likely N-dealkylation sites (tertiary alicyclic amines) is 1. The zero-order valence-corrected chi connectivity index (χ0v) is 19.9. The van der Waals surface area contributed by atoms with E-state index in [1.165, 1.54) is 11.8 Å². The van der Waals surface area contributed by atoms with E-state index in [-0.39, 0.29) is 17.2 Å². The normalized spacial score (nSPS) is 19.2. The molecule has 2 atom stereocenters. The van der Waals surface area contributed by atoms with Crippen LogP contribution in [-0.4, -0.2) is 45.1 Å². The van der Waals surface area contributed by atoms with Gasteiger partial charge < -0.3 is 19.5 Å². The van der Waals surface area contributed by atoms with Gasteiger partial charge in [-0.05, 0) is 49.1 Å². The lowest BCUT2D eigenvalue weighted by Gasteiger charge is -2.43. The first-order chi connectivity index (χ1) is 15.5. The molecule has 0 unspecified atom stereocenters. The number of fused-ring (bicyclic) bond motifs is 4. The maximum atomic E-state index is 12.4. The highest BCUT2D eigenvalue weighted by Gasteiger charge is 2.35. The smallest absolute Gasteiger partial charge is 0.250 e. The number of hydrogen-bond acceptors (Lipinski definition) is 5. The number of anilines is 1. The Labute approximate surface area is 198 Å². The van der Waals surface area contributed by atoms with E-state index in [9.17, 15) is 9.59 Å². The molecule has 1 fully saturated rings. The third-order valence-electron chi connectivity index (χ3n) is 5.97. The van der Waals surface area contributed by atoms with E-state index < -0.39 is 0 Å². The Morgan fingerprint density at radius 3 is 2.78 bits per heavy atom. The molecular weight excluding hydrogens is 442 g/mol. The van der Waals surface area contributed by atoms with E-state index in [0.29, 0.717) is 18.4 Å². The van der Waals surface area contributed by atoms with Crippen LogP contribution < -0.4 is 15.6 Å². The molecule has 8 heteroatoms. The number of benzene rings is 1. The molecule has 1 aromatic carbocycles. The van der Waals surface area contributed by atoms with Crippen LogP contribution >= 0.6 is 24.0 Å². The molecule has 2 bridgehead atoms. The van der Waals surface area contributed by atoms with Crippen LogP contribution in [0.5, 0.6) is 5.75 Å². The van der Waals surface area contributed by atoms with Gasteiger partial charge in [-0.3, -0.25) is 9.59 Å². The van der Waals surface area contributed by atoms with Gasteiger partial charge in [0.2, 0.25) is 5.91 Å². The number of pyridine rings is 1. The van der Waals surface area contributed by atoms with Crippen molar-refractivity contribution in [1.82, 2.24) is 9.47 Å². The molecule has 2 aliphatic rings. The second-order valence-electron chi connectivity index (χ2n) is 8.43. The Kier molecular flexibility index (Phi) is 7.52. The van der Waals surface area contributed by atoms with Crippen LogP contribution in [0.25, 0.3) is 0 Å². The number of ether oxygens (including phenoxy) is 1. The van der Waals surface area contributed by atoms with E-state index in [2.05, 4.69) is 23.2 Å². The highest BCUT2D eigenvalue weighted by Crippen LogP contribution is 2.36. The quantitative estimate of drug-likeness (QED) is 0.485. The van der Waals surface area contributed by atoms with Crippen molar-refractivity contribution in [3.05, 3.63) is 58.5 Å². The van der Waals surface area contributed by atoms with E-state index in [1.807, 2.05) is 34.9 Å². The molecule has 1 saturated heterocycles. The fourth-order valence-electron chi connectivity index (χ4n) is 4.43. The summed E-state index contributed by atoms with van der Waals surface area (Å²) in [6.07, 6.45) is 3.21. The second kappa shape index (κ2) is 10.5. The van der Waals surface area contributed by atoms with Crippen molar-refractivity contribution in [3.63, 3.8) is 0 Å². The molecule has 0 spiro atoms. The summed E-state index contributed by atoms with van der Waals surface area (Å²) in [5.74, 6) is 1.72. The van der Waals surface area contributed by atoms with Crippen LogP contribution in [-0.2, 0) is 11.3 Å². The first-order valence-electron chi connectivity index (χ1n) is 11.2. The standard InChI is InChI=1S/C24H29N3O3S2/c1-2-3-11-30-20-9-7-19(8-10-20)25-22(28)16-32-24(31)26-13-17-12-18(15-26)21-5-4-6-23(29)27(21)14-17/h4-10,17-18H,2-3,11-16H2,1H3,(H,25,28)/t17-,18-/m1/s1. The van der Waals surface area contributed by atoms with Crippen molar-refractivity contribution >= 4 is 39.9 Å². The number of aromatic nitrogens is 1. The fourth-order valence-corrected chi connectivity index (χ4v) is 5.41. The predicted octanol–water partition coefficient (Wildman–Crippen LogP) is 4.10. The summed E-state index contributed by atoms with van der Waals surface area (Å²) in [4.78, 5) is 26.8. The molecular formula is C24H29N3O3S2. The lowest BCUT2D eigenvalue weighted by molar-refractivity contribution is -0.113. The molecule has 4 rings (SSSR count). The van der Waals surface area contributed by atoms with Gasteiger partial charge in [0.25, 0.3) is 5.56 Å². The third kappa shape index (κ3) is 5.53. The van der Waals surface area contributed by atoms with Crippen molar-refractivity contribution in [2.45, 2.75) is 38.6 Å². The lowest BCUT2D eigenvalue weighted by Crippen LogP contribution is -2.48. The van der Waals surface area contributed by atoms with Crippen LogP contribution in [0, 0.1) is 5.92 Å². The van der Waals surface area contributed by atoms with Crippen LogP contribution in [0.15, 0.2) is 47.3 Å². The Hall–Kier alpha value is -2.32. The first-order valence-corrected chi connectivity index (χ1v) is 12.6. The molecule has 3 heterocycles. The molecule has 2 aromatic rings. The SMILES string of the molecule is CCCCOc1ccc(NC(=O)CSC(=S)N2C[C@H]3C[C@H](C2)c2cccc(=O)n2C3)cc1. The van der Waals surface area contributed by atoms with Crippen molar-refractivity contribution in [2.75, 3.05) is 30.8 Å². The monoisotopic (exact) mass is 471 g/mol. The Balaban J connectivity index is 1.26. The average molecular weight is 472 g/mol. The summed E-state index contributed by atoms with van der Waals surface area (Å²) in [5.41, 5.74) is 1.94. The van der Waals surface area contributed by atoms with E-state index in [1.54, 1.807) is 6.07 Å². The summed E-state index contributed by atoms with van der Waals surface area (Å²) in [7, 11) is 0. The molecule has 32 heavy (non-hydrogen) atoms.